The molecule has 1 aromatic heterocycles. The van der Waals surface area contributed by atoms with E-state index in [1.54, 1.807) is 0 Å². The van der Waals surface area contributed by atoms with E-state index in [0.717, 1.165) is 66.3 Å². The van der Waals surface area contributed by atoms with Gasteiger partial charge in [-0.05, 0) is 93.1 Å². The van der Waals surface area contributed by atoms with E-state index in [-0.39, 0.29) is 12.0 Å². The Hall–Kier alpha value is -3.12. The van der Waals surface area contributed by atoms with E-state index in [4.69, 9.17) is 9.47 Å². The summed E-state index contributed by atoms with van der Waals surface area (Å²) in [5.74, 6) is 2.54. The van der Waals surface area contributed by atoms with Gasteiger partial charge in [0.2, 0.25) is 5.91 Å². The van der Waals surface area contributed by atoms with E-state index in [1.807, 2.05) is 37.1 Å². The minimum atomic E-state index is 0.0275. The molecule has 1 atom stereocenters. The summed E-state index contributed by atoms with van der Waals surface area (Å²) in [6.07, 6.45) is 4.96. The van der Waals surface area contributed by atoms with Crippen LogP contribution in [0, 0.1) is 12.8 Å². The Morgan fingerprint density at radius 3 is 2.77 bits per heavy atom. The van der Waals surface area contributed by atoms with E-state index in [0.29, 0.717) is 18.9 Å². The van der Waals surface area contributed by atoms with Crippen molar-refractivity contribution in [3.05, 3.63) is 59.3 Å². The molecule has 6 heteroatoms. The smallest absolute Gasteiger partial charge is 0.227 e. The molecule has 6 rings (SSSR count). The largest absolute Gasteiger partial charge is 0.486 e. The molecular weight excluding hydrogens is 438 g/mol. The van der Waals surface area contributed by atoms with Crippen LogP contribution >= 0.6 is 0 Å². The fraction of sp³-hybridized carbons (Fsp3) is 0.448. The first-order valence-electron chi connectivity index (χ1n) is 12.8. The molecule has 6 nitrogen and oxygen atoms in total. The van der Waals surface area contributed by atoms with Crippen molar-refractivity contribution in [3.8, 4) is 11.5 Å². The number of carbonyl (C=O) groups excluding carboxylic acids is 1. The van der Waals surface area contributed by atoms with Crippen molar-refractivity contribution >= 4 is 22.5 Å². The molecule has 0 spiro atoms. The summed E-state index contributed by atoms with van der Waals surface area (Å²) in [5.41, 5.74) is 5.69. The number of aromatic nitrogens is 1. The van der Waals surface area contributed by atoms with Crippen molar-refractivity contribution < 1.29 is 14.3 Å². The summed E-state index contributed by atoms with van der Waals surface area (Å²) in [6.45, 7) is 5.63. The van der Waals surface area contributed by atoms with Crippen molar-refractivity contribution in [2.45, 2.75) is 45.1 Å². The molecule has 0 bridgehead atoms. The van der Waals surface area contributed by atoms with Crippen LogP contribution in [-0.4, -0.2) is 55.2 Å². The predicted molar refractivity (Wildman–Crippen MR) is 137 cm³/mol. The molecule has 0 radical (unpaired) electrons. The number of fused-ring (bicyclic) bond motifs is 4. The Balaban J connectivity index is 1.05. The molecule has 35 heavy (non-hydrogen) atoms. The number of nitrogens with zero attached hydrogens (tertiary/aromatic N) is 3. The lowest BCUT2D eigenvalue weighted by atomic mass is 9.88. The SMILES string of the molecule is Cc1ccc2c3c(ccc2n1)OC[C@H](CN1CCC(Cc2ccc4c(c2)N(C)C(=O)CC4)CC1)O3. The minimum Gasteiger partial charge on any atom is -0.486 e. The highest BCUT2D eigenvalue weighted by Gasteiger charge is 2.28. The Morgan fingerprint density at radius 1 is 1.06 bits per heavy atom. The fourth-order valence-electron chi connectivity index (χ4n) is 5.77. The lowest BCUT2D eigenvalue weighted by Crippen LogP contribution is -2.44. The van der Waals surface area contributed by atoms with Crippen molar-refractivity contribution in [2.24, 2.45) is 5.92 Å². The molecule has 1 saturated heterocycles. The number of aryl methyl sites for hydroxylation is 2. The molecule has 0 unspecified atom stereocenters. The quantitative estimate of drug-likeness (QED) is 0.559. The van der Waals surface area contributed by atoms with Crippen molar-refractivity contribution in [1.82, 2.24) is 9.88 Å². The fourth-order valence-corrected chi connectivity index (χ4v) is 5.77. The van der Waals surface area contributed by atoms with Crippen LogP contribution in [0.25, 0.3) is 10.9 Å². The number of rotatable bonds is 4. The minimum absolute atomic E-state index is 0.0275. The Kier molecular flexibility index (Phi) is 5.85. The number of hydrogen-bond acceptors (Lipinski definition) is 5. The van der Waals surface area contributed by atoms with Gasteiger partial charge < -0.3 is 14.4 Å². The molecule has 3 aliphatic heterocycles. The molecule has 1 amide bonds. The zero-order valence-electron chi connectivity index (χ0n) is 20.6. The van der Waals surface area contributed by atoms with Gasteiger partial charge in [-0.2, -0.15) is 0 Å². The topological polar surface area (TPSA) is 54.9 Å². The Bertz CT molecular complexity index is 1270. The third-order valence-corrected chi connectivity index (χ3v) is 7.82. The van der Waals surface area contributed by atoms with Crippen LogP contribution in [0.1, 0.15) is 36.1 Å². The first-order valence-corrected chi connectivity index (χ1v) is 12.8. The summed E-state index contributed by atoms with van der Waals surface area (Å²) in [4.78, 5) is 21.1. The number of benzene rings is 2. The van der Waals surface area contributed by atoms with Crippen LogP contribution in [0.5, 0.6) is 11.5 Å². The second-order valence-corrected chi connectivity index (χ2v) is 10.3. The standard InChI is InChI=1S/C29H33N3O3/c1-19-3-7-24-25(30-19)8-9-27-29(24)35-23(18-34-27)17-32-13-11-20(12-14-32)15-21-4-5-22-6-10-28(33)31(2)26(22)16-21/h3-5,7-9,16,20,23H,6,10-15,17-18H2,1-2H3/t23-/m0/s1. The summed E-state index contributed by atoms with van der Waals surface area (Å²) < 4.78 is 12.5. The van der Waals surface area contributed by atoms with Gasteiger partial charge in [-0.1, -0.05) is 12.1 Å². The number of pyridine rings is 1. The average molecular weight is 472 g/mol. The van der Waals surface area contributed by atoms with Gasteiger partial charge in [0, 0.05) is 36.8 Å². The highest BCUT2D eigenvalue weighted by atomic mass is 16.6. The Labute approximate surface area is 206 Å². The maximum Gasteiger partial charge on any atom is 0.227 e. The Morgan fingerprint density at radius 2 is 1.91 bits per heavy atom. The number of anilines is 1. The van der Waals surface area contributed by atoms with Gasteiger partial charge in [-0.3, -0.25) is 14.7 Å². The van der Waals surface area contributed by atoms with Crippen LogP contribution < -0.4 is 14.4 Å². The molecule has 3 aliphatic rings. The lowest BCUT2D eigenvalue weighted by Gasteiger charge is -2.36. The number of carbonyl (C=O) groups is 1. The summed E-state index contributed by atoms with van der Waals surface area (Å²) >= 11 is 0. The van der Waals surface area contributed by atoms with E-state index in [2.05, 4.69) is 34.1 Å². The molecule has 0 saturated carbocycles. The van der Waals surface area contributed by atoms with Crippen LogP contribution in [-0.2, 0) is 17.6 Å². The molecule has 4 heterocycles. The molecule has 2 aromatic carbocycles. The van der Waals surface area contributed by atoms with Crippen molar-refractivity contribution in [1.29, 1.82) is 0 Å². The second-order valence-electron chi connectivity index (χ2n) is 10.3. The molecule has 182 valence electrons. The van der Waals surface area contributed by atoms with Gasteiger partial charge in [-0.15, -0.1) is 0 Å². The van der Waals surface area contributed by atoms with Crippen LogP contribution in [0.15, 0.2) is 42.5 Å². The van der Waals surface area contributed by atoms with Gasteiger partial charge in [0.25, 0.3) is 0 Å². The summed E-state index contributed by atoms with van der Waals surface area (Å²) in [6, 6.07) is 14.8. The number of ether oxygens (including phenoxy) is 2. The van der Waals surface area contributed by atoms with E-state index in [9.17, 15) is 4.79 Å². The number of amides is 1. The zero-order valence-corrected chi connectivity index (χ0v) is 20.6. The third kappa shape index (κ3) is 4.47. The zero-order chi connectivity index (χ0) is 23.9. The van der Waals surface area contributed by atoms with Crippen molar-refractivity contribution in [2.75, 3.05) is 38.2 Å². The average Bonchev–Trinajstić information content (AvgIpc) is 2.87. The van der Waals surface area contributed by atoms with Gasteiger partial charge >= 0.3 is 0 Å². The van der Waals surface area contributed by atoms with Crippen LogP contribution in [0.4, 0.5) is 5.69 Å². The number of likely N-dealkylation sites (tertiary alicyclic amines) is 1. The van der Waals surface area contributed by atoms with Crippen molar-refractivity contribution in [3.63, 3.8) is 0 Å². The predicted octanol–water partition coefficient (Wildman–Crippen LogP) is 4.55. The lowest BCUT2D eigenvalue weighted by molar-refractivity contribution is -0.118. The van der Waals surface area contributed by atoms with Gasteiger partial charge in [-0.25, -0.2) is 0 Å². The van der Waals surface area contributed by atoms with Gasteiger partial charge in [0.05, 0.1) is 5.52 Å². The second kappa shape index (κ2) is 9.15. The normalized spacial score (nSPS) is 20.8. The number of hydrogen-bond donors (Lipinski definition) is 0. The molecule has 0 aliphatic carbocycles. The van der Waals surface area contributed by atoms with Crippen LogP contribution in [0.3, 0.4) is 0 Å². The highest BCUT2D eigenvalue weighted by Crippen LogP contribution is 2.38. The highest BCUT2D eigenvalue weighted by molar-refractivity contribution is 5.96. The molecule has 1 fully saturated rings. The first kappa shape index (κ1) is 22.4. The van der Waals surface area contributed by atoms with E-state index < -0.39 is 0 Å². The van der Waals surface area contributed by atoms with Gasteiger partial charge in [0.15, 0.2) is 11.5 Å². The van der Waals surface area contributed by atoms with E-state index >= 15 is 0 Å². The third-order valence-electron chi connectivity index (χ3n) is 7.82. The van der Waals surface area contributed by atoms with Crippen LogP contribution in [0.2, 0.25) is 0 Å². The summed E-state index contributed by atoms with van der Waals surface area (Å²) in [7, 11) is 1.90. The maximum atomic E-state index is 12.1. The first-order chi connectivity index (χ1) is 17.0. The number of piperidine rings is 1. The molecule has 3 aromatic rings. The monoisotopic (exact) mass is 471 g/mol. The maximum absolute atomic E-state index is 12.1. The molecular formula is C29H33N3O3. The van der Waals surface area contributed by atoms with Gasteiger partial charge in [0.1, 0.15) is 12.7 Å². The van der Waals surface area contributed by atoms with E-state index in [1.165, 1.54) is 24.0 Å². The molecule has 0 N–H and O–H groups in total. The summed E-state index contributed by atoms with van der Waals surface area (Å²) in [5, 5.41) is 1.02.